The lowest BCUT2D eigenvalue weighted by Crippen LogP contribution is -2.42. The van der Waals surface area contributed by atoms with Crippen molar-refractivity contribution in [3.05, 3.63) is 34.1 Å². The van der Waals surface area contributed by atoms with Gasteiger partial charge in [0.1, 0.15) is 5.82 Å². The fraction of sp³-hybridized carbons (Fsp3) is 0.625. The number of hydrogen-bond donors (Lipinski definition) is 1. The molecule has 0 aromatic heterocycles. The summed E-state index contributed by atoms with van der Waals surface area (Å²) in [5, 5.41) is 3.63. The minimum Gasteiger partial charge on any atom is -0.381 e. The first kappa shape index (κ1) is 15.9. The number of ether oxygens (including phenoxy) is 1. The van der Waals surface area contributed by atoms with Gasteiger partial charge in [-0.05, 0) is 55.8 Å². The molecule has 1 N–H and O–H groups in total. The zero-order chi connectivity index (χ0) is 14.4. The molecule has 0 bridgehead atoms. The minimum atomic E-state index is -0.195. The van der Waals surface area contributed by atoms with Gasteiger partial charge < -0.3 is 10.1 Å². The van der Waals surface area contributed by atoms with E-state index in [2.05, 4.69) is 28.2 Å². The summed E-state index contributed by atoms with van der Waals surface area (Å²) in [6.45, 7) is 4.91. The van der Waals surface area contributed by atoms with Crippen LogP contribution in [0.25, 0.3) is 0 Å². The third kappa shape index (κ3) is 4.54. The summed E-state index contributed by atoms with van der Waals surface area (Å²) >= 11 is 3.47. The van der Waals surface area contributed by atoms with E-state index < -0.39 is 0 Å². The standard InChI is InChI=1S/C16H23BrFNO/c1-2-7-19-16(13-4-3-8-20-11-13)9-12-5-6-14(18)10-15(12)17/h5-6,10,13,16,19H,2-4,7-9,11H2,1H3. The summed E-state index contributed by atoms with van der Waals surface area (Å²) in [6, 6.07) is 5.36. The molecule has 112 valence electrons. The highest BCUT2D eigenvalue weighted by Crippen LogP contribution is 2.24. The van der Waals surface area contributed by atoms with Crippen LogP contribution in [0, 0.1) is 11.7 Å². The lowest BCUT2D eigenvalue weighted by atomic mass is 9.89. The van der Waals surface area contributed by atoms with Crippen molar-refractivity contribution in [2.45, 2.75) is 38.6 Å². The Bertz CT molecular complexity index is 421. The molecule has 1 saturated heterocycles. The van der Waals surface area contributed by atoms with Gasteiger partial charge >= 0.3 is 0 Å². The van der Waals surface area contributed by atoms with E-state index in [0.717, 1.165) is 49.1 Å². The Hall–Kier alpha value is -0.450. The van der Waals surface area contributed by atoms with E-state index in [-0.39, 0.29) is 5.82 Å². The van der Waals surface area contributed by atoms with E-state index in [9.17, 15) is 4.39 Å². The number of rotatable bonds is 6. The predicted octanol–water partition coefficient (Wildman–Crippen LogP) is 3.93. The molecule has 20 heavy (non-hydrogen) atoms. The molecule has 1 aromatic rings. The highest BCUT2D eigenvalue weighted by molar-refractivity contribution is 9.10. The van der Waals surface area contributed by atoms with Gasteiger partial charge in [0.25, 0.3) is 0 Å². The molecule has 4 heteroatoms. The van der Waals surface area contributed by atoms with E-state index in [1.807, 2.05) is 6.07 Å². The molecule has 0 radical (unpaired) electrons. The molecule has 2 atom stereocenters. The molecule has 1 aliphatic rings. The summed E-state index contributed by atoms with van der Waals surface area (Å²) in [7, 11) is 0. The van der Waals surface area contributed by atoms with Crippen LogP contribution < -0.4 is 5.32 Å². The van der Waals surface area contributed by atoms with E-state index >= 15 is 0 Å². The van der Waals surface area contributed by atoms with E-state index in [0.29, 0.717) is 12.0 Å². The van der Waals surface area contributed by atoms with E-state index in [4.69, 9.17) is 4.74 Å². The van der Waals surface area contributed by atoms with Crippen molar-refractivity contribution >= 4 is 15.9 Å². The molecule has 0 amide bonds. The van der Waals surface area contributed by atoms with Crippen LogP contribution in [-0.4, -0.2) is 25.8 Å². The Morgan fingerprint density at radius 3 is 3.00 bits per heavy atom. The second-order valence-electron chi connectivity index (χ2n) is 5.48. The van der Waals surface area contributed by atoms with Crippen LogP contribution in [0.15, 0.2) is 22.7 Å². The molecule has 1 aromatic carbocycles. The van der Waals surface area contributed by atoms with Gasteiger partial charge in [-0.3, -0.25) is 0 Å². The zero-order valence-corrected chi connectivity index (χ0v) is 13.6. The van der Waals surface area contributed by atoms with Crippen LogP contribution >= 0.6 is 15.9 Å². The normalized spacial score (nSPS) is 20.9. The second kappa shape index (κ2) is 8.11. The fourth-order valence-electron chi connectivity index (χ4n) is 2.74. The molecule has 2 unspecified atom stereocenters. The second-order valence-corrected chi connectivity index (χ2v) is 6.33. The first-order chi connectivity index (χ1) is 9.70. The minimum absolute atomic E-state index is 0.195. The maximum absolute atomic E-state index is 13.2. The van der Waals surface area contributed by atoms with Crippen molar-refractivity contribution in [1.82, 2.24) is 5.32 Å². The van der Waals surface area contributed by atoms with Gasteiger partial charge in [0.05, 0.1) is 6.61 Å². The molecule has 0 aliphatic carbocycles. The van der Waals surface area contributed by atoms with Crippen molar-refractivity contribution in [2.75, 3.05) is 19.8 Å². The zero-order valence-electron chi connectivity index (χ0n) is 12.0. The van der Waals surface area contributed by atoms with E-state index in [1.165, 1.54) is 12.5 Å². The molecule has 2 nitrogen and oxygen atoms in total. The van der Waals surface area contributed by atoms with Gasteiger partial charge in [-0.1, -0.05) is 28.9 Å². The van der Waals surface area contributed by atoms with Gasteiger partial charge in [-0.15, -0.1) is 0 Å². The smallest absolute Gasteiger partial charge is 0.124 e. The lowest BCUT2D eigenvalue weighted by molar-refractivity contribution is 0.0393. The van der Waals surface area contributed by atoms with Gasteiger partial charge in [0.15, 0.2) is 0 Å². The van der Waals surface area contributed by atoms with Crippen molar-refractivity contribution in [3.8, 4) is 0 Å². The Kier molecular flexibility index (Phi) is 6.46. The van der Waals surface area contributed by atoms with Crippen molar-refractivity contribution in [3.63, 3.8) is 0 Å². The summed E-state index contributed by atoms with van der Waals surface area (Å²) in [5.41, 5.74) is 1.16. The highest BCUT2D eigenvalue weighted by Gasteiger charge is 2.24. The SMILES string of the molecule is CCCNC(Cc1ccc(F)cc1Br)C1CCCOC1. The highest BCUT2D eigenvalue weighted by atomic mass is 79.9. The molecular formula is C16H23BrFNO. The first-order valence-electron chi connectivity index (χ1n) is 7.45. The Balaban J connectivity index is 2.05. The van der Waals surface area contributed by atoms with Crippen molar-refractivity contribution < 1.29 is 9.13 Å². The van der Waals surface area contributed by atoms with Crippen LogP contribution in [-0.2, 0) is 11.2 Å². The van der Waals surface area contributed by atoms with Crippen LogP contribution in [0.3, 0.4) is 0 Å². The topological polar surface area (TPSA) is 21.3 Å². The molecule has 0 saturated carbocycles. The Labute approximate surface area is 129 Å². The van der Waals surface area contributed by atoms with Crippen LogP contribution in [0.1, 0.15) is 31.7 Å². The Morgan fingerprint density at radius 1 is 1.50 bits per heavy atom. The maximum atomic E-state index is 13.2. The van der Waals surface area contributed by atoms with Crippen molar-refractivity contribution in [2.24, 2.45) is 5.92 Å². The number of benzene rings is 1. The van der Waals surface area contributed by atoms with Crippen molar-refractivity contribution in [1.29, 1.82) is 0 Å². The summed E-state index contributed by atoms with van der Waals surface area (Å²) in [5.74, 6) is 0.354. The first-order valence-corrected chi connectivity index (χ1v) is 8.25. The third-order valence-corrected chi connectivity index (χ3v) is 4.61. The molecular weight excluding hydrogens is 321 g/mol. The van der Waals surface area contributed by atoms with E-state index in [1.54, 1.807) is 6.07 Å². The Morgan fingerprint density at radius 2 is 2.35 bits per heavy atom. The summed E-state index contributed by atoms with van der Waals surface area (Å²) in [6.07, 6.45) is 4.38. The van der Waals surface area contributed by atoms with Crippen LogP contribution in [0.4, 0.5) is 4.39 Å². The van der Waals surface area contributed by atoms with Crippen LogP contribution in [0.2, 0.25) is 0 Å². The fourth-order valence-corrected chi connectivity index (χ4v) is 3.26. The monoisotopic (exact) mass is 343 g/mol. The van der Waals surface area contributed by atoms with Crippen LogP contribution in [0.5, 0.6) is 0 Å². The number of hydrogen-bond acceptors (Lipinski definition) is 2. The van der Waals surface area contributed by atoms with Gasteiger partial charge in [-0.2, -0.15) is 0 Å². The average Bonchev–Trinajstić information content (AvgIpc) is 2.46. The molecule has 1 fully saturated rings. The predicted molar refractivity (Wildman–Crippen MR) is 83.4 cm³/mol. The van der Waals surface area contributed by atoms with Gasteiger partial charge in [-0.25, -0.2) is 4.39 Å². The summed E-state index contributed by atoms with van der Waals surface area (Å²) in [4.78, 5) is 0. The van der Waals surface area contributed by atoms with Gasteiger partial charge in [0.2, 0.25) is 0 Å². The molecule has 1 aliphatic heterocycles. The lowest BCUT2D eigenvalue weighted by Gasteiger charge is -2.31. The number of nitrogens with one attached hydrogen (secondary N) is 1. The molecule has 0 spiro atoms. The molecule has 1 heterocycles. The largest absolute Gasteiger partial charge is 0.381 e. The summed E-state index contributed by atoms with van der Waals surface area (Å²) < 4.78 is 19.7. The third-order valence-electron chi connectivity index (χ3n) is 3.88. The average molecular weight is 344 g/mol. The quantitative estimate of drug-likeness (QED) is 0.844. The molecule has 2 rings (SSSR count). The maximum Gasteiger partial charge on any atom is 0.124 e. The van der Waals surface area contributed by atoms with Gasteiger partial charge in [0, 0.05) is 17.1 Å². The number of halogens is 2.